The van der Waals surface area contributed by atoms with Crippen LogP contribution in [-0.2, 0) is 6.42 Å². The number of halogens is 1. The van der Waals surface area contributed by atoms with Gasteiger partial charge in [0.25, 0.3) is 5.56 Å². The molecule has 0 aliphatic carbocycles. The van der Waals surface area contributed by atoms with Gasteiger partial charge >= 0.3 is 0 Å². The summed E-state index contributed by atoms with van der Waals surface area (Å²) in [4.78, 5) is 17.1. The Hall–Kier alpha value is -1.97. The van der Waals surface area contributed by atoms with Gasteiger partial charge in [-0.25, -0.2) is 4.98 Å². The summed E-state index contributed by atoms with van der Waals surface area (Å²) in [6, 6.07) is 7.34. The lowest BCUT2D eigenvalue weighted by Gasteiger charge is -2.02. The summed E-state index contributed by atoms with van der Waals surface area (Å²) in [7, 11) is 0. The molecule has 0 atom stereocenters. The molecule has 0 amide bonds. The molecule has 0 radical (unpaired) electrons. The van der Waals surface area contributed by atoms with E-state index >= 15 is 0 Å². The van der Waals surface area contributed by atoms with Gasteiger partial charge in [-0.1, -0.05) is 31.2 Å². The Kier molecular flexibility index (Phi) is 2.81. The maximum absolute atomic E-state index is 13.5. The topological polar surface area (TPSA) is 45.8 Å². The second-order valence-electron chi connectivity index (χ2n) is 3.44. The summed E-state index contributed by atoms with van der Waals surface area (Å²) in [5.41, 5.74) is 1.12. The van der Waals surface area contributed by atoms with Crippen LogP contribution in [0.15, 0.2) is 35.4 Å². The number of aromatic amines is 1. The highest BCUT2D eigenvalue weighted by molar-refractivity contribution is 5.59. The molecular formula is C12H11FN2O. The number of hydrogen-bond donors (Lipinski definition) is 1. The number of rotatable bonds is 2. The largest absolute Gasteiger partial charge is 0.311 e. The molecule has 1 N–H and O–H groups in total. The highest BCUT2D eigenvalue weighted by Crippen LogP contribution is 2.18. The summed E-state index contributed by atoms with van der Waals surface area (Å²) >= 11 is 0. The molecule has 1 aromatic carbocycles. The van der Waals surface area contributed by atoms with E-state index in [0.29, 0.717) is 5.56 Å². The fourth-order valence-electron chi connectivity index (χ4n) is 1.48. The van der Waals surface area contributed by atoms with Crippen LogP contribution in [0.25, 0.3) is 11.3 Å². The van der Waals surface area contributed by atoms with Crippen molar-refractivity contribution in [2.45, 2.75) is 13.3 Å². The molecule has 0 bridgehead atoms. The van der Waals surface area contributed by atoms with Crippen LogP contribution in [0, 0.1) is 5.82 Å². The third kappa shape index (κ3) is 1.86. The van der Waals surface area contributed by atoms with E-state index in [-0.39, 0.29) is 5.69 Å². The second-order valence-corrected chi connectivity index (χ2v) is 3.44. The normalized spacial score (nSPS) is 10.4. The first-order valence-corrected chi connectivity index (χ1v) is 5.05. The van der Waals surface area contributed by atoms with E-state index < -0.39 is 11.4 Å². The Bertz CT molecular complexity index is 546. The van der Waals surface area contributed by atoms with Gasteiger partial charge in [0.15, 0.2) is 0 Å². The van der Waals surface area contributed by atoms with Gasteiger partial charge < -0.3 is 4.98 Å². The molecule has 0 saturated carbocycles. The van der Waals surface area contributed by atoms with Crippen molar-refractivity contribution >= 4 is 0 Å². The summed E-state index contributed by atoms with van der Waals surface area (Å²) < 4.78 is 13.5. The Labute approximate surface area is 92.0 Å². The van der Waals surface area contributed by atoms with Gasteiger partial charge in [0, 0.05) is 5.56 Å². The van der Waals surface area contributed by atoms with Crippen molar-refractivity contribution in [3.63, 3.8) is 0 Å². The molecule has 1 heterocycles. The number of aromatic nitrogens is 2. The first kappa shape index (κ1) is 10.5. The first-order valence-electron chi connectivity index (χ1n) is 5.05. The third-order valence-corrected chi connectivity index (χ3v) is 2.43. The van der Waals surface area contributed by atoms with Gasteiger partial charge in [0.05, 0.1) is 6.33 Å². The average molecular weight is 218 g/mol. The maximum atomic E-state index is 13.5. The molecule has 2 aromatic rings. The number of benzene rings is 1. The van der Waals surface area contributed by atoms with Crippen LogP contribution in [0.2, 0.25) is 0 Å². The molecule has 16 heavy (non-hydrogen) atoms. The van der Waals surface area contributed by atoms with Crippen LogP contribution < -0.4 is 5.56 Å². The number of nitrogens with one attached hydrogen (secondary N) is 1. The van der Waals surface area contributed by atoms with E-state index in [1.807, 2.05) is 19.1 Å². The minimum atomic E-state index is -0.841. The summed E-state index contributed by atoms with van der Waals surface area (Å²) in [5.74, 6) is -0.841. The first-order chi connectivity index (χ1) is 7.72. The van der Waals surface area contributed by atoms with Crippen molar-refractivity contribution in [3.8, 4) is 11.3 Å². The summed E-state index contributed by atoms with van der Waals surface area (Å²) in [5, 5.41) is 0. The molecule has 4 heteroatoms. The lowest BCUT2D eigenvalue weighted by atomic mass is 10.1. The number of hydrogen-bond acceptors (Lipinski definition) is 2. The standard InChI is InChI=1S/C12H11FN2O/c1-2-8-3-5-9(6-4-8)11-10(13)12(16)15-7-14-11/h3-7H,2H2,1H3,(H,14,15,16). The molecule has 0 aliphatic heterocycles. The molecule has 82 valence electrons. The lowest BCUT2D eigenvalue weighted by molar-refractivity contribution is 0.605. The Morgan fingerprint density at radius 3 is 2.62 bits per heavy atom. The van der Waals surface area contributed by atoms with Gasteiger partial charge in [0.1, 0.15) is 5.69 Å². The number of nitrogens with zero attached hydrogens (tertiary/aromatic N) is 1. The molecule has 1 aromatic heterocycles. The molecule has 3 nitrogen and oxygen atoms in total. The molecule has 0 unspecified atom stereocenters. The van der Waals surface area contributed by atoms with Gasteiger partial charge in [0.2, 0.25) is 5.82 Å². The lowest BCUT2D eigenvalue weighted by Crippen LogP contribution is -2.12. The Morgan fingerprint density at radius 1 is 1.31 bits per heavy atom. The quantitative estimate of drug-likeness (QED) is 0.839. The zero-order valence-corrected chi connectivity index (χ0v) is 8.83. The molecule has 0 spiro atoms. The second kappa shape index (κ2) is 4.26. The van der Waals surface area contributed by atoms with Crippen molar-refractivity contribution in [2.24, 2.45) is 0 Å². The minimum absolute atomic E-state index is 0.0893. The fourth-order valence-corrected chi connectivity index (χ4v) is 1.48. The van der Waals surface area contributed by atoms with Gasteiger partial charge in [-0.15, -0.1) is 0 Å². The Morgan fingerprint density at radius 2 is 2.00 bits per heavy atom. The van der Waals surface area contributed by atoms with E-state index in [1.165, 1.54) is 6.33 Å². The van der Waals surface area contributed by atoms with Crippen molar-refractivity contribution in [1.82, 2.24) is 9.97 Å². The van der Waals surface area contributed by atoms with Crippen LogP contribution in [-0.4, -0.2) is 9.97 Å². The van der Waals surface area contributed by atoms with Crippen LogP contribution >= 0.6 is 0 Å². The molecule has 0 aliphatic rings. The molecule has 0 fully saturated rings. The van der Waals surface area contributed by atoms with Crippen molar-refractivity contribution in [2.75, 3.05) is 0 Å². The number of aryl methyl sites for hydroxylation is 1. The average Bonchev–Trinajstić information content (AvgIpc) is 2.33. The van der Waals surface area contributed by atoms with E-state index in [2.05, 4.69) is 9.97 Å². The third-order valence-electron chi connectivity index (χ3n) is 2.43. The molecular weight excluding hydrogens is 207 g/mol. The molecule has 0 saturated heterocycles. The van der Waals surface area contributed by atoms with Crippen LogP contribution in [0.1, 0.15) is 12.5 Å². The zero-order chi connectivity index (χ0) is 11.5. The molecule has 2 rings (SSSR count). The van der Waals surface area contributed by atoms with Gasteiger partial charge in [-0.3, -0.25) is 4.79 Å². The van der Waals surface area contributed by atoms with Gasteiger partial charge in [-0.05, 0) is 12.0 Å². The van der Waals surface area contributed by atoms with Crippen molar-refractivity contribution in [1.29, 1.82) is 0 Å². The Balaban J connectivity index is 2.50. The maximum Gasteiger partial charge on any atom is 0.287 e. The smallest absolute Gasteiger partial charge is 0.287 e. The predicted octanol–water partition coefficient (Wildman–Crippen LogP) is 2.14. The summed E-state index contributed by atoms with van der Waals surface area (Å²) in [6.45, 7) is 2.04. The predicted molar refractivity (Wildman–Crippen MR) is 59.6 cm³/mol. The monoisotopic (exact) mass is 218 g/mol. The highest BCUT2D eigenvalue weighted by Gasteiger charge is 2.09. The van der Waals surface area contributed by atoms with E-state index in [9.17, 15) is 9.18 Å². The van der Waals surface area contributed by atoms with Crippen molar-refractivity contribution < 1.29 is 4.39 Å². The van der Waals surface area contributed by atoms with E-state index in [4.69, 9.17) is 0 Å². The minimum Gasteiger partial charge on any atom is -0.311 e. The summed E-state index contributed by atoms with van der Waals surface area (Å²) in [6.07, 6.45) is 2.13. The van der Waals surface area contributed by atoms with E-state index in [0.717, 1.165) is 12.0 Å². The van der Waals surface area contributed by atoms with E-state index in [1.54, 1.807) is 12.1 Å². The highest BCUT2D eigenvalue weighted by atomic mass is 19.1. The number of H-pyrrole nitrogens is 1. The van der Waals surface area contributed by atoms with Gasteiger partial charge in [-0.2, -0.15) is 4.39 Å². The van der Waals surface area contributed by atoms with Crippen LogP contribution in [0.4, 0.5) is 4.39 Å². The van der Waals surface area contributed by atoms with Crippen LogP contribution in [0.5, 0.6) is 0 Å². The SMILES string of the molecule is CCc1ccc(-c2nc[nH]c(=O)c2F)cc1. The van der Waals surface area contributed by atoms with Crippen molar-refractivity contribution in [3.05, 3.63) is 52.3 Å². The fraction of sp³-hybridized carbons (Fsp3) is 0.167. The van der Waals surface area contributed by atoms with Crippen LogP contribution in [0.3, 0.4) is 0 Å². The zero-order valence-electron chi connectivity index (χ0n) is 8.83.